The van der Waals surface area contributed by atoms with Gasteiger partial charge in [-0.25, -0.2) is 13.8 Å². The lowest BCUT2D eigenvalue weighted by molar-refractivity contribution is -0.120. The Labute approximate surface area is 127 Å². The summed E-state index contributed by atoms with van der Waals surface area (Å²) in [6, 6.07) is 4.74. The Morgan fingerprint density at radius 1 is 1.30 bits per heavy atom. The van der Waals surface area contributed by atoms with E-state index in [0.29, 0.717) is 0 Å². The van der Waals surface area contributed by atoms with Gasteiger partial charge in [0.2, 0.25) is 0 Å². The quantitative estimate of drug-likeness (QED) is 0.776. The summed E-state index contributed by atoms with van der Waals surface area (Å²) in [5.41, 5.74) is -0.758. The molecule has 2 aromatic rings. The summed E-state index contributed by atoms with van der Waals surface area (Å²) < 4.78 is 68.8. The summed E-state index contributed by atoms with van der Waals surface area (Å²) in [5.74, 6) is 0. The van der Waals surface area contributed by atoms with Gasteiger partial charge >= 0.3 is 6.18 Å². The largest absolute Gasteiger partial charge is 0.451 e. The third-order valence-electron chi connectivity index (χ3n) is 2.96. The van der Waals surface area contributed by atoms with Gasteiger partial charge in [-0.05, 0) is 18.2 Å². The number of nitriles is 1. The zero-order chi connectivity index (χ0) is 17.0. The van der Waals surface area contributed by atoms with Gasteiger partial charge in [0.05, 0.1) is 23.9 Å². The van der Waals surface area contributed by atoms with Crippen LogP contribution in [0, 0.1) is 11.3 Å². The normalized spacial score (nSPS) is 11.5. The number of anilines is 1. The average molecular weight is 331 g/mol. The first-order chi connectivity index (χ1) is 10.8. The van der Waals surface area contributed by atoms with Crippen molar-refractivity contribution in [1.29, 1.82) is 5.26 Å². The van der Waals surface area contributed by atoms with Gasteiger partial charge in [0.1, 0.15) is 12.8 Å². The number of rotatable bonds is 5. The highest BCUT2D eigenvalue weighted by Crippen LogP contribution is 2.30. The van der Waals surface area contributed by atoms with E-state index < -0.39 is 24.7 Å². The van der Waals surface area contributed by atoms with Crippen LogP contribution < -0.4 is 4.90 Å². The second kappa shape index (κ2) is 6.64. The fraction of sp³-hybridized carbons (Fsp3) is 0.286. The summed E-state index contributed by atoms with van der Waals surface area (Å²) in [5, 5.41) is 8.79. The molecular weight excluding hydrogens is 321 g/mol. The van der Waals surface area contributed by atoms with Crippen molar-refractivity contribution in [2.24, 2.45) is 0 Å². The Morgan fingerprint density at radius 2 is 2.04 bits per heavy atom. The molecule has 23 heavy (non-hydrogen) atoms. The maximum absolute atomic E-state index is 13.0. The number of alkyl halides is 5. The molecule has 0 radical (unpaired) electrons. The van der Waals surface area contributed by atoms with Crippen LogP contribution in [0.3, 0.4) is 0 Å². The van der Waals surface area contributed by atoms with Gasteiger partial charge in [-0.2, -0.15) is 18.4 Å². The van der Waals surface area contributed by atoms with Crippen LogP contribution in [-0.4, -0.2) is 17.7 Å². The van der Waals surface area contributed by atoms with E-state index in [1.165, 1.54) is 12.3 Å². The number of nitrogens with zero attached hydrogens (tertiary/aromatic N) is 3. The number of oxazole rings is 1. The first-order valence-electron chi connectivity index (χ1n) is 6.31. The zero-order valence-corrected chi connectivity index (χ0v) is 11.5. The van der Waals surface area contributed by atoms with Gasteiger partial charge in [-0.1, -0.05) is 0 Å². The minimum Gasteiger partial charge on any atom is -0.451 e. The Kier molecular flexibility index (Phi) is 4.83. The zero-order valence-electron chi connectivity index (χ0n) is 11.5. The molecule has 0 N–H and O–H groups in total. The fourth-order valence-corrected chi connectivity index (χ4v) is 2.00. The molecule has 0 unspecified atom stereocenters. The molecular formula is C14H10F5N3O. The maximum atomic E-state index is 13.0. The standard InChI is InChI=1S/C14H10F5N3O/c15-13(16)12-3-11(2-1-9(12)4-20)22(7-14(17,18)19)5-10-6-23-8-21-10/h1-3,6,8,13H,5,7H2. The maximum Gasteiger partial charge on any atom is 0.405 e. The summed E-state index contributed by atoms with van der Waals surface area (Å²) >= 11 is 0. The van der Waals surface area contributed by atoms with Crippen LogP contribution in [-0.2, 0) is 6.54 Å². The minimum absolute atomic E-state index is 0.0837. The molecule has 0 saturated carbocycles. The van der Waals surface area contributed by atoms with Crippen molar-refractivity contribution in [2.45, 2.75) is 19.1 Å². The molecule has 122 valence electrons. The number of benzene rings is 1. The van der Waals surface area contributed by atoms with Crippen LogP contribution >= 0.6 is 0 Å². The molecule has 0 atom stereocenters. The second-order valence-corrected chi connectivity index (χ2v) is 4.64. The van der Waals surface area contributed by atoms with Crippen molar-refractivity contribution in [3.8, 4) is 6.07 Å². The second-order valence-electron chi connectivity index (χ2n) is 4.64. The van der Waals surface area contributed by atoms with Crippen LogP contribution in [0.1, 0.15) is 23.2 Å². The Morgan fingerprint density at radius 3 is 2.57 bits per heavy atom. The van der Waals surface area contributed by atoms with E-state index in [1.54, 1.807) is 6.07 Å². The summed E-state index contributed by atoms with van der Waals surface area (Å²) in [4.78, 5) is 4.56. The summed E-state index contributed by atoms with van der Waals surface area (Å²) in [6.07, 6.45) is -5.28. The first kappa shape index (κ1) is 16.7. The van der Waals surface area contributed by atoms with Gasteiger partial charge < -0.3 is 9.32 Å². The van der Waals surface area contributed by atoms with Gasteiger partial charge in [-0.3, -0.25) is 0 Å². The highest BCUT2D eigenvalue weighted by Gasteiger charge is 2.31. The molecule has 0 fully saturated rings. The minimum atomic E-state index is -4.54. The van der Waals surface area contributed by atoms with E-state index in [0.717, 1.165) is 23.4 Å². The molecule has 0 aliphatic heterocycles. The lowest BCUT2D eigenvalue weighted by Crippen LogP contribution is -2.34. The van der Waals surface area contributed by atoms with Crippen LogP contribution in [0.25, 0.3) is 0 Å². The number of aromatic nitrogens is 1. The lowest BCUT2D eigenvalue weighted by atomic mass is 10.1. The predicted octanol–water partition coefficient (Wildman–Crippen LogP) is 4.05. The van der Waals surface area contributed by atoms with Crippen LogP contribution in [0.15, 0.2) is 35.3 Å². The molecule has 0 aliphatic carbocycles. The molecule has 4 nitrogen and oxygen atoms in total. The van der Waals surface area contributed by atoms with Crippen molar-refractivity contribution in [3.63, 3.8) is 0 Å². The molecule has 0 saturated heterocycles. The highest BCUT2D eigenvalue weighted by atomic mass is 19.4. The molecule has 2 rings (SSSR count). The van der Waals surface area contributed by atoms with Crippen molar-refractivity contribution >= 4 is 5.69 Å². The van der Waals surface area contributed by atoms with E-state index in [-0.39, 0.29) is 23.5 Å². The Hall–Kier alpha value is -2.63. The molecule has 0 spiro atoms. The van der Waals surface area contributed by atoms with Crippen molar-refractivity contribution in [2.75, 3.05) is 11.4 Å². The third kappa shape index (κ3) is 4.42. The number of hydrogen-bond donors (Lipinski definition) is 0. The topological polar surface area (TPSA) is 53.1 Å². The van der Waals surface area contributed by atoms with E-state index in [4.69, 9.17) is 9.68 Å². The van der Waals surface area contributed by atoms with E-state index in [1.807, 2.05) is 0 Å². The van der Waals surface area contributed by atoms with Crippen LogP contribution in [0.4, 0.5) is 27.6 Å². The first-order valence-corrected chi connectivity index (χ1v) is 6.31. The summed E-state index contributed by atoms with van der Waals surface area (Å²) in [6.45, 7) is -1.63. The molecule has 1 aromatic heterocycles. The van der Waals surface area contributed by atoms with Crippen molar-refractivity contribution < 1.29 is 26.4 Å². The molecule has 0 bridgehead atoms. The van der Waals surface area contributed by atoms with E-state index in [9.17, 15) is 22.0 Å². The molecule has 1 heterocycles. The smallest absolute Gasteiger partial charge is 0.405 e. The number of halogens is 5. The fourth-order valence-electron chi connectivity index (χ4n) is 2.00. The van der Waals surface area contributed by atoms with E-state index in [2.05, 4.69) is 4.98 Å². The van der Waals surface area contributed by atoms with Gasteiger partial charge in [-0.15, -0.1) is 0 Å². The van der Waals surface area contributed by atoms with Gasteiger partial charge in [0, 0.05) is 11.3 Å². The average Bonchev–Trinajstić information content (AvgIpc) is 2.97. The predicted molar refractivity (Wildman–Crippen MR) is 69.7 cm³/mol. The molecule has 9 heteroatoms. The molecule has 0 amide bonds. The van der Waals surface area contributed by atoms with Crippen molar-refractivity contribution in [1.82, 2.24) is 4.98 Å². The monoisotopic (exact) mass is 331 g/mol. The SMILES string of the molecule is N#Cc1ccc(N(Cc2cocn2)CC(F)(F)F)cc1C(F)F. The van der Waals surface area contributed by atoms with Crippen LogP contribution in [0.5, 0.6) is 0 Å². The summed E-state index contributed by atoms with van der Waals surface area (Å²) in [7, 11) is 0. The molecule has 1 aromatic carbocycles. The Balaban J connectivity index is 2.38. The van der Waals surface area contributed by atoms with Crippen molar-refractivity contribution in [3.05, 3.63) is 47.7 Å². The van der Waals surface area contributed by atoms with Gasteiger partial charge in [0.25, 0.3) is 6.43 Å². The highest BCUT2D eigenvalue weighted by molar-refractivity contribution is 5.54. The molecule has 0 aliphatic rings. The Bertz CT molecular complexity index is 691. The van der Waals surface area contributed by atoms with E-state index >= 15 is 0 Å². The third-order valence-corrected chi connectivity index (χ3v) is 2.96. The van der Waals surface area contributed by atoms with Gasteiger partial charge in [0.15, 0.2) is 6.39 Å². The van der Waals surface area contributed by atoms with Crippen LogP contribution in [0.2, 0.25) is 0 Å². The lowest BCUT2D eigenvalue weighted by Gasteiger charge is -2.25. The number of hydrogen-bond acceptors (Lipinski definition) is 4.